The largest absolute Gasteiger partial charge is 0.401 e. The van der Waals surface area contributed by atoms with Crippen LogP contribution in [0, 0.1) is 11.3 Å². The zero-order valence-corrected chi connectivity index (χ0v) is 11.0. The lowest BCUT2D eigenvalue weighted by atomic mass is 9.76. The van der Waals surface area contributed by atoms with Gasteiger partial charge in [-0.3, -0.25) is 0 Å². The van der Waals surface area contributed by atoms with Crippen molar-refractivity contribution < 1.29 is 13.2 Å². The predicted octanol–water partition coefficient (Wildman–Crippen LogP) is 4.13. The second kappa shape index (κ2) is 5.59. The number of halogens is 3. The third-order valence-electron chi connectivity index (χ3n) is 3.34. The molecule has 0 heterocycles. The smallest absolute Gasteiger partial charge is 0.306 e. The SMILES string of the molecule is CC(C)(C)C[C@H]1CC[C@H](NCC(F)(F)F)CC1. The van der Waals surface area contributed by atoms with Gasteiger partial charge in [0.15, 0.2) is 0 Å². The van der Waals surface area contributed by atoms with Gasteiger partial charge in [0.1, 0.15) is 0 Å². The zero-order chi connectivity index (χ0) is 13.1. The van der Waals surface area contributed by atoms with Crippen LogP contribution < -0.4 is 5.32 Å². The molecule has 1 fully saturated rings. The Bertz CT molecular complexity index is 222. The number of hydrogen-bond acceptors (Lipinski definition) is 1. The molecule has 0 amide bonds. The van der Waals surface area contributed by atoms with Gasteiger partial charge in [0, 0.05) is 6.04 Å². The molecule has 1 aliphatic carbocycles. The van der Waals surface area contributed by atoms with Gasteiger partial charge < -0.3 is 5.32 Å². The summed E-state index contributed by atoms with van der Waals surface area (Å²) in [4.78, 5) is 0. The lowest BCUT2D eigenvalue weighted by Gasteiger charge is -2.33. The minimum Gasteiger partial charge on any atom is -0.306 e. The fourth-order valence-corrected chi connectivity index (χ4v) is 2.70. The molecule has 0 unspecified atom stereocenters. The van der Waals surface area contributed by atoms with Crippen molar-refractivity contribution in [3.63, 3.8) is 0 Å². The summed E-state index contributed by atoms with van der Waals surface area (Å²) in [7, 11) is 0. The normalized spacial score (nSPS) is 27.2. The summed E-state index contributed by atoms with van der Waals surface area (Å²) < 4.78 is 36.1. The summed E-state index contributed by atoms with van der Waals surface area (Å²) in [6.07, 6.45) is 0.995. The van der Waals surface area contributed by atoms with Crippen LogP contribution in [-0.4, -0.2) is 18.8 Å². The highest BCUT2D eigenvalue weighted by Crippen LogP contribution is 2.34. The molecule has 1 aliphatic rings. The van der Waals surface area contributed by atoms with Crippen molar-refractivity contribution in [3.8, 4) is 0 Å². The first-order chi connectivity index (χ1) is 7.66. The molecule has 1 N–H and O–H groups in total. The van der Waals surface area contributed by atoms with Crippen molar-refractivity contribution in [1.29, 1.82) is 0 Å². The van der Waals surface area contributed by atoms with Crippen molar-refractivity contribution in [2.45, 2.75) is 65.1 Å². The fraction of sp³-hybridized carbons (Fsp3) is 1.00. The van der Waals surface area contributed by atoms with E-state index in [1.807, 2.05) is 0 Å². The maximum Gasteiger partial charge on any atom is 0.401 e. The Morgan fingerprint density at radius 3 is 1.94 bits per heavy atom. The molecule has 1 saturated carbocycles. The monoisotopic (exact) mass is 251 g/mol. The van der Waals surface area contributed by atoms with Crippen LogP contribution in [0.4, 0.5) is 13.2 Å². The van der Waals surface area contributed by atoms with Crippen LogP contribution in [0.5, 0.6) is 0 Å². The van der Waals surface area contributed by atoms with Crippen LogP contribution in [-0.2, 0) is 0 Å². The number of hydrogen-bond donors (Lipinski definition) is 1. The minimum atomic E-state index is -4.08. The second-order valence-corrected chi connectivity index (χ2v) is 6.48. The third-order valence-corrected chi connectivity index (χ3v) is 3.34. The van der Waals surface area contributed by atoms with Gasteiger partial charge in [0.05, 0.1) is 6.54 Å². The van der Waals surface area contributed by atoms with E-state index in [0.717, 1.165) is 25.7 Å². The molecule has 0 aromatic rings. The van der Waals surface area contributed by atoms with Gasteiger partial charge in [-0.2, -0.15) is 13.2 Å². The van der Waals surface area contributed by atoms with Crippen molar-refractivity contribution in [1.82, 2.24) is 5.32 Å². The number of rotatable bonds is 3. The Morgan fingerprint density at radius 2 is 1.53 bits per heavy atom. The average molecular weight is 251 g/mol. The van der Waals surface area contributed by atoms with Gasteiger partial charge in [-0.1, -0.05) is 20.8 Å². The van der Waals surface area contributed by atoms with Gasteiger partial charge in [-0.05, 0) is 43.4 Å². The lowest BCUT2D eigenvalue weighted by molar-refractivity contribution is -0.126. The highest BCUT2D eigenvalue weighted by molar-refractivity contribution is 4.80. The molecule has 4 heteroatoms. The van der Waals surface area contributed by atoms with Gasteiger partial charge in [0.2, 0.25) is 0 Å². The molecular weight excluding hydrogens is 227 g/mol. The first-order valence-corrected chi connectivity index (χ1v) is 6.46. The molecule has 102 valence electrons. The third kappa shape index (κ3) is 6.92. The Labute approximate surface area is 102 Å². The standard InChI is InChI=1S/C13H24F3N/c1-12(2,3)8-10-4-6-11(7-5-10)17-9-13(14,15)16/h10-11,17H,4-9H2,1-3H3/t10-,11-. The summed E-state index contributed by atoms with van der Waals surface area (Å²) in [5, 5.41) is 2.62. The van der Waals surface area contributed by atoms with Crippen LogP contribution in [0.2, 0.25) is 0 Å². The fourth-order valence-electron chi connectivity index (χ4n) is 2.70. The first-order valence-electron chi connectivity index (χ1n) is 6.46. The van der Waals surface area contributed by atoms with Crippen LogP contribution in [0.25, 0.3) is 0 Å². The predicted molar refractivity (Wildman–Crippen MR) is 63.9 cm³/mol. The summed E-state index contributed by atoms with van der Waals surface area (Å²) in [5.41, 5.74) is 0.330. The lowest BCUT2D eigenvalue weighted by Crippen LogP contribution is -2.39. The number of nitrogens with one attached hydrogen (secondary N) is 1. The molecule has 0 radical (unpaired) electrons. The zero-order valence-electron chi connectivity index (χ0n) is 11.0. The molecule has 0 bridgehead atoms. The maximum atomic E-state index is 12.0. The molecule has 1 rings (SSSR count). The van der Waals surface area contributed by atoms with Crippen molar-refractivity contribution >= 4 is 0 Å². The molecule has 0 aromatic carbocycles. The van der Waals surface area contributed by atoms with E-state index < -0.39 is 12.7 Å². The van der Waals surface area contributed by atoms with Crippen molar-refractivity contribution in [2.75, 3.05) is 6.54 Å². The summed E-state index contributed by atoms with van der Waals surface area (Å²) in [6, 6.07) is 0.0628. The van der Waals surface area contributed by atoms with E-state index in [2.05, 4.69) is 26.1 Å². The molecule has 0 aromatic heterocycles. The highest BCUT2D eigenvalue weighted by Gasteiger charge is 2.30. The van der Waals surface area contributed by atoms with Gasteiger partial charge in [-0.25, -0.2) is 0 Å². The van der Waals surface area contributed by atoms with Crippen LogP contribution >= 0.6 is 0 Å². The van der Waals surface area contributed by atoms with E-state index in [4.69, 9.17) is 0 Å². The van der Waals surface area contributed by atoms with Crippen LogP contribution in [0.1, 0.15) is 52.9 Å². The Kier molecular flexibility index (Phi) is 4.87. The molecule has 0 aliphatic heterocycles. The quantitative estimate of drug-likeness (QED) is 0.795. The van der Waals surface area contributed by atoms with E-state index in [9.17, 15) is 13.2 Å². The number of alkyl halides is 3. The van der Waals surface area contributed by atoms with Gasteiger partial charge in [-0.15, -0.1) is 0 Å². The molecule has 0 atom stereocenters. The summed E-state index contributed by atoms with van der Waals surface area (Å²) in [5.74, 6) is 0.693. The topological polar surface area (TPSA) is 12.0 Å². The summed E-state index contributed by atoms with van der Waals surface area (Å²) >= 11 is 0. The second-order valence-electron chi connectivity index (χ2n) is 6.48. The Hall–Kier alpha value is -0.250. The van der Waals surface area contributed by atoms with Crippen molar-refractivity contribution in [3.05, 3.63) is 0 Å². The summed E-state index contributed by atoms with van der Waals surface area (Å²) in [6.45, 7) is 5.82. The van der Waals surface area contributed by atoms with E-state index >= 15 is 0 Å². The van der Waals surface area contributed by atoms with Crippen LogP contribution in [0.15, 0.2) is 0 Å². The van der Waals surface area contributed by atoms with E-state index in [1.54, 1.807) is 0 Å². The molecule has 0 spiro atoms. The Morgan fingerprint density at radius 1 is 1.00 bits per heavy atom. The first kappa shape index (κ1) is 14.8. The maximum absolute atomic E-state index is 12.0. The van der Waals surface area contributed by atoms with E-state index in [1.165, 1.54) is 6.42 Å². The van der Waals surface area contributed by atoms with Crippen molar-refractivity contribution in [2.24, 2.45) is 11.3 Å². The average Bonchev–Trinajstić information content (AvgIpc) is 2.13. The van der Waals surface area contributed by atoms with Gasteiger partial charge in [0.25, 0.3) is 0 Å². The van der Waals surface area contributed by atoms with Gasteiger partial charge >= 0.3 is 6.18 Å². The molecule has 17 heavy (non-hydrogen) atoms. The van der Waals surface area contributed by atoms with E-state index in [-0.39, 0.29) is 6.04 Å². The van der Waals surface area contributed by atoms with E-state index in [0.29, 0.717) is 11.3 Å². The minimum absolute atomic E-state index is 0.0628. The molecular formula is C13H24F3N. The Balaban J connectivity index is 2.22. The molecule has 0 saturated heterocycles. The molecule has 1 nitrogen and oxygen atoms in total. The highest BCUT2D eigenvalue weighted by atomic mass is 19.4. The van der Waals surface area contributed by atoms with Crippen LogP contribution in [0.3, 0.4) is 0 Å².